The summed E-state index contributed by atoms with van der Waals surface area (Å²) < 4.78 is 11.0. The quantitative estimate of drug-likeness (QED) is 0.779. The monoisotopic (exact) mass is 309 g/mol. The highest BCUT2D eigenvalue weighted by Crippen LogP contribution is 2.28. The molecular weight excluding hydrogens is 278 g/mol. The van der Waals surface area contributed by atoms with Crippen LogP contribution in [0.25, 0.3) is 0 Å². The minimum absolute atomic E-state index is 0. The summed E-state index contributed by atoms with van der Waals surface area (Å²) >= 11 is 0. The van der Waals surface area contributed by atoms with E-state index >= 15 is 0 Å². The second-order valence-electron chi connectivity index (χ2n) is 5.53. The Hall–Kier alpha value is -1.71. The standard InChI is InChI=1S/C17H27NO3.CH4/c1-6-20-15-9-8-14(11-16(15)21-7-2)17(19)18-13(5)10-12(3)4;/h8-9,11-13H,6-7,10H2,1-5H3,(H,18,19);1H4/t13-;/m1./s1. The van der Waals surface area contributed by atoms with E-state index in [0.29, 0.717) is 36.2 Å². The van der Waals surface area contributed by atoms with E-state index in [9.17, 15) is 4.79 Å². The Balaban J connectivity index is 0.00000441. The average molecular weight is 309 g/mol. The molecule has 0 unspecified atom stereocenters. The third-order valence-electron chi connectivity index (χ3n) is 3.01. The van der Waals surface area contributed by atoms with Crippen LogP contribution in [-0.4, -0.2) is 25.2 Å². The van der Waals surface area contributed by atoms with Crippen LogP contribution in [0.3, 0.4) is 0 Å². The molecule has 0 aliphatic rings. The van der Waals surface area contributed by atoms with Gasteiger partial charge in [0.1, 0.15) is 0 Å². The molecule has 1 rings (SSSR count). The largest absolute Gasteiger partial charge is 0.490 e. The number of nitrogens with one attached hydrogen (secondary N) is 1. The number of hydrogen-bond acceptors (Lipinski definition) is 3. The Labute approximate surface area is 135 Å². The minimum Gasteiger partial charge on any atom is -0.490 e. The normalized spacial score (nSPS) is 11.5. The van der Waals surface area contributed by atoms with E-state index in [0.717, 1.165) is 6.42 Å². The molecule has 126 valence electrons. The van der Waals surface area contributed by atoms with Gasteiger partial charge in [-0.25, -0.2) is 0 Å². The fraction of sp³-hybridized carbons (Fsp3) is 0.611. The van der Waals surface area contributed by atoms with Crippen molar-refractivity contribution in [1.82, 2.24) is 5.32 Å². The van der Waals surface area contributed by atoms with Gasteiger partial charge in [0.05, 0.1) is 13.2 Å². The highest BCUT2D eigenvalue weighted by atomic mass is 16.5. The predicted octanol–water partition coefficient (Wildman–Crippen LogP) is 4.28. The topological polar surface area (TPSA) is 47.6 Å². The first-order valence-corrected chi connectivity index (χ1v) is 7.68. The summed E-state index contributed by atoms with van der Waals surface area (Å²) in [6.07, 6.45) is 0.959. The molecule has 0 saturated carbocycles. The second-order valence-corrected chi connectivity index (χ2v) is 5.53. The van der Waals surface area contributed by atoms with Crippen LogP contribution in [-0.2, 0) is 0 Å². The Morgan fingerprint density at radius 1 is 1.09 bits per heavy atom. The van der Waals surface area contributed by atoms with Crippen molar-refractivity contribution in [2.75, 3.05) is 13.2 Å². The summed E-state index contributed by atoms with van der Waals surface area (Å²) in [7, 11) is 0. The minimum atomic E-state index is -0.0767. The van der Waals surface area contributed by atoms with Crippen LogP contribution < -0.4 is 14.8 Å². The van der Waals surface area contributed by atoms with Crippen LogP contribution in [0.15, 0.2) is 18.2 Å². The predicted molar refractivity (Wildman–Crippen MR) is 91.9 cm³/mol. The van der Waals surface area contributed by atoms with E-state index in [1.165, 1.54) is 0 Å². The van der Waals surface area contributed by atoms with Gasteiger partial charge in [-0.05, 0) is 51.3 Å². The highest BCUT2D eigenvalue weighted by Gasteiger charge is 2.14. The van der Waals surface area contributed by atoms with Crippen molar-refractivity contribution in [3.63, 3.8) is 0 Å². The van der Waals surface area contributed by atoms with Gasteiger partial charge in [-0.15, -0.1) is 0 Å². The molecule has 4 heteroatoms. The van der Waals surface area contributed by atoms with Crippen LogP contribution >= 0.6 is 0 Å². The first-order valence-electron chi connectivity index (χ1n) is 7.68. The molecule has 0 aromatic heterocycles. The van der Waals surface area contributed by atoms with Gasteiger partial charge in [0.15, 0.2) is 11.5 Å². The molecule has 0 radical (unpaired) electrons. The number of hydrogen-bond donors (Lipinski definition) is 1. The molecule has 0 aliphatic carbocycles. The number of benzene rings is 1. The number of carbonyl (C=O) groups is 1. The molecule has 0 heterocycles. The Morgan fingerprint density at radius 2 is 1.68 bits per heavy atom. The van der Waals surface area contributed by atoms with Crippen molar-refractivity contribution in [2.24, 2.45) is 5.92 Å². The van der Waals surface area contributed by atoms with Crippen LogP contribution in [0.2, 0.25) is 0 Å². The van der Waals surface area contributed by atoms with E-state index in [2.05, 4.69) is 19.2 Å². The molecule has 1 aromatic carbocycles. The van der Waals surface area contributed by atoms with Gasteiger partial charge >= 0.3 is 0 Å². The fourth-order valence-electron chi connectivity index (χ4n) is 2.27. The van der Waals surface area contributed by atoms with Crippen molar-refractivity contribution in [2.45, 2.75) is 54.5 Å². The van der Waals surface area contributed by atoms with Crippen LogP contribution in [0.1, 0.15) is 58.8 Å². The lowest BCUT2D eigenvalue weighted by molar-refractivity contribution is 0.0935. The Morgan fingerprint density at radius 3 is 2.23 bits per heavy atom. The van der Waals surface area contributed by atoms with Crippen LogP contribution in [0.5, 0.6) is 11.5 Å². The number of amides is 1. The zero-order valence-electron chi connectivity index (χ0n) is 13.7. The Bertz CT molecular complexity index is 458. The Kier molecular flexibility index (Phi) is 9.31. The maximum Gasteiger partial charge on any atom is 0.251 e. The van der Waals surface area contributed by atoms with Gasteiger partial charge in [-0.2, -0.15) is 0 Å². The van der Waals surface area contributed by atoms with Crippen molar-refractivity contribution in [1.29, 1.82) is 0 Å². The third kappa shape index (κ3) is 6.37. The maximum absolute atomic E-state index is 12.3. The molecule has 0 aliphatic heterocycles. The van der Waals surface area contributed by atoms with Crippen molar-refractivity contribution in [3.8, 4) is 11.5 Å². The molecule has 1 N–H and O–H groups in total. The van der Waals surface area contributed by atoms with E-state index in [4.69, 9.17) is 9.47 Å². The molecule has 0 saturated heterocycles. The third-order valence-corrected chi connectivity index (χ3v) is 3.01. The van der Waals surface area contributed by atoms with E-state index in [1.54, 1.807) is 18.2 Å². The molecule has 4 nitrogen and oxygen atoms in total. The highest BCUT2D eigenvalue weighted by molar-refractivity contribution is 5.95. The van der Waals surface area contributed by atoms with Gasteiger partial charge in [-0.1, -0.05) is 21.3 Å². The van der Waals surface area contributed by atoms with E-state index in [-0.39, 0.29) is 19.4 Å². The van der Waals surface area contributed by atoms with Gasteiger partial charge < -0.3 is 14.8 Å². The number of carbonyl (C=O) groups excluding carboxylic acids is 1. The average Bonchev–Trinajstić information content (AvgIpc) is 2.40. The van der Waals surface area contributed by atoms with Gasteiger partial charge in [0, 0.05) is 11.6 Å². The summed E-state index contributed by atoms with van der Waals surface area (Å²) in [5, 5.41) is 3.01. The number of ether oxygens (including phenoxy) is 2. The van der Waals surface area contributed by atoms with Crippen molar-refractivity contribution < 1.29 is 14.3 Å². The van der Waals surface area contributed by atoms with Gasteiger partial charge in [-0.3, -0.25) is 4.79 Å². The zero-order valence-corrected chi connectivity index (χ0v) is 13.7. The first-order chi connectivity index (χ1) is 9.97. The van der Waals surface area contributed by atoms with Gasteiger partial charge in [0.25, 0.3) is 5.91 Å². The SMILES string of the molecule is C.CCOc1ccc(C(=O)N[C@H](C)CC(C)C)cc1OCC. The maximum atomic E-state index is 12.3. The summed E-state index contributed by atoms with van der Waals surface area (Å²) in [6.45, 7) is 11.2. The molecule has 22 heavy (non-hydrogen) atoms. The summed E-state index contributed by atoms with van der Waals surface area (Å²) in [5.41, 5.74) is 0.595. The molecular formula is C18H31NO3. The number of rotatable bonds is 8. The summed E-state index contributed by atoms with van der Waals surface area (Å²) in [6, 6.07) is 5.45. The van der Waals surface area contributed by atoms with Crippen LogP contribution in [0, 0.1) is 5.92 Å². The second kappa shape index (κ2) is 10.1. The summed E-state index contributed by atoms with van der Waals surface area (Å²) in [4.78, 5) is 12.3. The van der Waals surface area contributed by atoms with E-state index in [1.807, 2.05) is 20.8 Å². The van der Waals surface area contributed by atoms with Crippen molar-refractivity contribution in [3.05, 3.63) is 23.8 Å². The smallest absolute Gasteiger partial charge is 0.251 e. The van der Waals surface area contributed by atoms with Gasteiger partial charge in [0.2, 0.25) is 0 Å². The molecule has 0 spiro atoms. The molecule has 1 aromatic rings. The molecule has 0 fully saturated rings. The zero-order chi connectivity index (χ0) is 15.8. The lowest BCUT2D eigenvalue weighted by Gasteiger charge is -2.17. The lowest BCUT2D eigenvalue weighted by Crippen LogP contribution is -2.33. The van der Waals surface area contributed by atoms with E-state index < -0.39 is 0 Å². The van der Waals surface area contributed by atoms with Crippen LogP contribution in [0.4, 0.5) is 0 Å². The first kappa shape index (κ1) is 20.3. The molecule has 0 bridgehead atoms. The summed E-state index contributed by atoms with van der Waals surface area (Å²) in [5.74, 6) is 1.77. The molecule has 1 amide bonds. The van der Waals surface area contributed by atoms with Crippen molar-refractivity contribution >= 4 is 5.91 Å². The fourth-order valence-corrected chi connectivity index (χ4v) is 2.27. The lowest BCUT2D eigenvalue weighted by atomic mass is 10.0. The molecule has 1 atom stereocenters.